The van der Waals surface area contributed by atoms with Crippen molar-refractivity contribution >= 4 is 5.78 Å². The third kappa shape index (κ3) is 3.69. The van der Waals surface area contributed by atoms with Crippen molar-refractivity contribution in [1.29, 1.82) is 0 Å². The molecule has 2 rings (SSSR count). The van der Waals surface area contributed by atoms with Gasteiger partial charge in [-0.25, -0.2) is 0 Å². The van der Waals surface area contributed by atoms with Crippen LogP contribution in [0.3, 0.4) is 0 Å². The van der Waals surface area contributed by atoms with Crippen LogP contribution in [0, 0.1) is 6.92 Å². The fraction of sp³-hybridized carbons (Fsp3) is 0.611. The number of carbonyl (C=O) groups excluding carboxylic acids is 1. The van der Waals surface area contributed by atoms with E-state index in [9.17, 15) is 4.79 Å². The smallest absolute Gasteiger partial charge is 0.168 e. The summed E-state index contributed by atoms with van der Waals surface area (Å²) in [5, 5.41) is 0. The fourth-order valence-electron chi connectivity index (χ4n) is 3.25. The molecule has 0 heterocycles. The predicted molar refractivity (Wildman–Crippen MR) is 81.9 cm³/mol. The minimum absolute atomic E-state index is 0.270. The summed E-state index contributed by atoms with van der Waals surface area (Å²) in [6.45, 7) is 4.68. The Balaban J connectivity index is 2.13. The predicted octanol–water partition coefficient (Wildman–Crippen LogP) is 4.24. The van der Waals surface area contributed by atoms with Gasteiger partial charge in [-0.1, -0.05) is 55.5 Å². The van der Waals surface area contributed by atoms with Crippen molar-refractivity contribution in [1.82, 2.24) is 0 Å². The molecule has 0 atom stereocenters. The van der Waals surface area contributed by atoms with Crippen LogP contribution in [0.15, 0.2) is 24.3 Å². The first-order valence-electron chi connectivity index (χ1n) is 7.89. The van der Waals surface area contributed by atoms with Gasteiger partial charge in [0.15, 0.2) is 5.78 Å². The van der Waals surface area contributed by atoms with Gasteiger partial charge < -0.3 is 4.74 Å². The second-order valence-electron chi connectivity index (χ2n) is 5.93. The molecule has 1 fully saturated rings. The molecule has 20 heavy (non-hydrogen) atoms. The van der Waals surface area contributed by atoms with Gasteiger partial charge in [0.2, 0.25) is 0 Å². The Morgan fingerprint density at radius 2 is 1.90 bits per heavy atom. The van der Waals surface area contributed by atoms with Crippen molar-refractivity contribution in [3.05, 3.63) is 35.4 Å². The summed E-state index contributed by atoms with van der Waals surface area (Å²) in [5.74, 6) is 0.270. The van der Waals surface area contributed by atoms with Gasteiger partial charge in [0.1, 0.15) is 5.60 Å². The van der Waals surface area contributed by atoms with Crippen LogP contribution in [0.2, 0.25) is 0 Å². The second-order valence-corrected chi connectivity index (χ2v) is 5.93. The van der Waals surface area contributed by atoms with Crippen LogP contribution in [0.4, 0.5) is 0 Å². The van der Waals surface area contributed by atoms with E-state index in [2.05, 4.69) is 19.1 Å². The monoisotopic (exact) mass is 274 g/mol. The summed E-state index contributed by atoms with van der Waals surface area (Å²) in [6, 6.07) is 8.24. The largest absolute Gasteiger partial charge is 0.367 e. The van der Waals surface area contributed by atoms with Gasteiger partial charge in [-0.15, -0.1) is 0 Å². The fourth-order valence-corrected chi connectivity index (χ4v) is 3.25. The summed E-state index contributed by atoms with van der Waals surface area (Å²) in [5.41, 5.74) is 1.80. The van der Waals surface area contributed by atoms with E-state index in [1.54, 1.807) is 0 Å². The maximum absolute atomic E-state index is 12.8. The highest BCUT2D eigenvalue weighted by molar-refractivity contribution is 5.89. The van der Waals surface area contributed by atoms with Crippen molar-refractivity contribution in [2.24, 2.45) is 0 Å². The van der Waals surface area contributed by atoms with Crippen molar-refractivity contribution in [2.75, 3.05) is 6.61 Å². The van der Waals surface area contributed by atoms with Crippen LogP contribution in [-0.4, -0.2) is 18.0 Å². The number of rotatable bonds is 5. The van der Waals surface area contributed by atoms with E-state index in [-0.39, 0.29) is 5.78 Å². The number of aryl methyl sites for hydroxylation is 1. The molecule has 0 spiro atoms. The first kappa shape index (κ1) is 15.2. The zero-order valence-corrected chi connectivity index (χ0v) is 12.8. The molecule has 1 aromatic rings. The normalized spacial score (nSPS) is 18.5. The van der Waals surface area contributed by atoms with Crippen LogP contribution < -0.4 is 0 Å². The van der Waals surface area contributed by atoms with Crippen LogP contribution >= 0.6 is 0 Å². The number of carbonyl (C=O) groups is 1. The lowest BCUT2D eigenvalue weighted by molar-refractivity contribution is -0.145. The van der Waals surface area contributed by atoms with Gasteiger partial charge in [-0.05, 0) is 32.3 Å². The molecule has 0 saturated heterocycles. The first-order chi connectivity index (χ1) is 9.66. The average molecular weight is 274 g/mol. The number of ether oxygens (including phenoxy) is 1. The maximum Gasteiger partial charge on any atom is 0.168 e. The molecule has 1 aliphatic carbocycles. The highest BCUT2D eigenvalue weighted by atomic mass is 16.5. The van der Waals surface area contributed by atoms with Gasteiger partial charge >= 0.3 is 0 Å². The first-order valence-corrected chi connectivity index (χ1v) is 7.89. The van der Waals surface area contributed by atoms with E-state index in [1.807, 2.05) is 19.1 Å². The third-order valence-corrected chi connectivity index (χ3v) is 4.29. The number of ketones is 1. The Hall–Kier alpha value is -1.15. The molecule has 1 aliphatic rings. The molecule has 0 aliphatic heterocycles. The Morgan fingerprint density at radius 3 is 2.50 bits per heavy atom. The van der Waals surface area contributed by atoms with Crippen LogP contribution in [0.1, 0.15) is 56.6 Å². The standard InChI is InChI=1S/C18H26O2/c1-3-20-18(11-6-4-5-7-12-18)17(19)14-16-10-8-9-15(2)13-16/h8-10,13H,3-7,11-12,14H2,1-2H3. The van der Waals surface area contributed by atoms with Gasteiger partial charge in [-0.3, -0.25) is 4.79 Å². The van der Waals surface area contributed by atoms with Gasteiger partial charge in [-0.2, -0.15) is 0 Å². The lowest BCUT2D eigenvalue weighted by atomic mass is 9.86. The van der Waals surface area contributed by atoms with E-state index in [0.29, 0.717) is 13.0 Å². The van der Waals surface area contributed by atoms with Crippen LogP contribution in [-0.2, 0) is 16.0 Å². The van der Waals surface area contributed by atoms with Crippen molar-refractivity contribution in [3.63, 3.8) is 0 Å². The number of hydrogen-bond acceptors (Lipinski definition) is 2. The second kappa shape index (κ2) is 7.03. The van der Waals surface area contributed by atoms with E-state index in [0.717, 1.165) is 31.2 Å². The minimum atomic E-state index is -0.519. The molecule has 0 radical (unpaired) electrons. The molecule has 110 valence electrons. The van der Waals surface area contributed by atoms with Gasteiger partial charge in [0.05, 0.1) is 0 Å². The number of benzene rings is 1. The van der Waals surface area contributed by atoms with Gasteiger partial charge in [0, 0.05) is 13.0 Å². The lowest BCUT2D eigenvalue weighted by Crippen LogP contribution is -2.42. The Morgan fingerprint density at radius 1 is 1.20 bits per heavy atom. The average Bonchev–Trinajstić information content (AvgIpc) is 2.66. The molecular weight excluding hydrogens is 248 g/mol. The molecule has 0 bridgehead atoms. The summed E-state index contributed by atoms with van der Waals surface area (Å²) in [6.07, 6.45) is 6.97. The summed E-state index contributed by atoms with van der Waals surface area (Å²) in [7, 11) is 0. The highest BCUT2D eigenvalue weighted by Crippen LogP contribution is 2.32. The van der Waals surface area contributed by atoms with Crippen molar-refractivity contribution < 1.29 is 9.53 Å². The maximum atomic E-state index is 12.8. The van der Waals surface area contributed by atoms with E-state index >= 15 is 0 Å². The van der Waals surface area contributed by atoms with Crippen molar-refractivity contribution in [2.45, 2.75) is 64.4 Å². The lowest BCUT2D eigenvalue weighted by Gasteiger charge is -2.31. The third-order valence-electron chi connectivity index (χ3n) is 4.29. The SMILES string of the molecule is CCOC1(C(=O)Cc2cccc(C)c2)CCCCCC1. The summed E-state index contributed by atoms with van der Waals surface area (Å²) >= 11 is 0. The Kier molecular flexibility index (Phi) is 5.36. The zero-order chi connectivity index (χ0) is 14.4. The number of hydrogen-bond donors (Lipinski definition) is 0. The summed E-state index contributed by atoms with van der Waals surface area (Å²) in [4.78, 5) is 12.8. The van der Waals surface area contributed by atoms with Crippen LogP contribution in [0.5, 0.6) is 0 Å². The molecule has 0 aromatic heterocycles. The molecule has 2 heteroatoms. The van der Waals surface area contributed by atoms with Crippen molar-refractivity contribution in [3.8, 4) is 0 Å². The molecule has 1 saturated carbocycles. The van der Waals surface area contributed by atoms with E-state index in [1.165, 1.54) is 18.4 Å². The molecule has 2 nitrogen and oxygen atoms in total. The Labute approximate surface area is 122 Å². The van der Waals surface area contributed by atoms with E-state index < -0.39 is 5.60 Å². The topological polar surface area (TPSA) is 26.3 Å². The Bertz CT molecular complexity index is 442. The summed E-state index contributed by atoms with van der Waals surface area (Å²) < 4.78 is 5.97. The molecule has 1 aromatic carbocycles. The molecule has 0 N–H and O–H groups in total. The quantitative estimate of drug-likeness (QED) is 0.751. The zero-order valence-electron chi connectivity index (χ0n) is 12.8. The molecular formula is C18H26O2. The highest BCUT2D eigenvalue weighted by Gasteiger charge is 2.38. The van der Waals surface area contributed by atoms with E-state index in [4.69, 9.17) is 4.74 Å². The molecule has 0 amide bonds. The number of Topliss-reactive ketones (excluding diaryl/α,β-unsaturated/α-hetero) is 1. The van der Waals surface area contributed by atoms with Gasteiger partial charge in [0.25, 0.3) is 0 Å². The molecule has 0 unspecified atom stereocenters. The van der Waals surface area contributed by atoms with Crippen LogP contribution in [0.25, 0.3) is 0 Å². The minimum Gasteiger partial charge on any atom is -0.367 e.